The lowest BCUT2D eigenvalue weighted by Crippen LogP contribution is -2.35. The first-order valence-electron chi connectivity index (χ1n) is 11.5. The molecule has 3 N–H and O–H groups in total. The number of benzene rings is 2. The maximum Gasteiger partial charge on any atom is 0.126 e. The third-order valence-electron chi connectivity index (χ3n) is 5.27. The summed E-state index contributed by atoms with van der Waals surface area (Å²) in [7, 11) is 0. The second-order valence-corrected chi connectivity index (χ2v) is 10.9. The molecule has 0 radical (unpaired) electrons. The van der Waals surface area contributed by atoms with Crippen molar-refractivity contribution in [1.82, 2.24) is 5.32 Å². The lowest BCUT2D eigenvalue weighted by atomic mass is 9.78. The highest BCUT2D eigenvalue weighted by Crippen LogP contribution is 2.41. The van der Waals surface area contributed by atoms with Crippen molar-refractivity contribution in [3.63, 3.8) is 0 Å². The zero-order valence-electron chi connectivity index (χ0n) is 21.0. The van der Waals surface area contributed by atoms with Crippen LogP contribution >= 0.6 is 0 Å². The van der Waals surface area contributed by atoms with Gasteiger partial charge in [-0.1, -0.05) is 79.7 Å². The molecule has 0 saturated carbocycles. The van der Waals surface area contributed by atoms with Crippen molar-refractivity contribution >= 4 is 12.2 Å². The Balaban J connectivity index is 2.44. The monoisotopic (exact) mass is 439 g/mol. The first kappa shape index (κ1) is 26.0. The van der Waals surface area contributed by atoms with Gasteiger partial charge >= 0.3 is 0 Å². The molecule has 0 aliphatic rings. The Morgan fingerprint density at radius 1 is 0.875 bits per heavy atom. The number of nitrogens with one attached hydrogen (secondary N) is 1. The van der Waals surface area contributed by atoms with Crippen LogP contribution in [0.3, 0.4) is 0 Å². The molecule has 32 heavy (non-hydrogen) atoms. The lowest BCUT2D eigenvalue weighted by molar-refractivity contribution is 0.102. The number of aliphatic hydroxyl groups is 1. The highest BCUT2D eigenvalue weighted by atomic mass is 16.5. The van der Waals surface area contributed by atoms with Crippen molar-refractivity contribution in [2.24, 2.45) is 0 Å². The van der Waals surface area contributed by atoms with Gasteiger partial charge in [-0.25, -0.2) is 0 Å². The van der Waals surface area contributed by atoms with Crippen LogP contribution in [0.4, 0.5) is 0 Å². The number of rotatable bonds is 8. The molecule has 2 rings (SSSR count). The molecule has 0 fully saturated rings. The summed E-state index contributed by atoms with van der Waals surface area (Å²) in [5.41, 5.74) is 4.12. The summed E-state index contributed by atoms with van der Waals surface area (Å²) in [6.07, 6.45) is 3.57. The average molecular weight is 440 g/mol. The molecule has 2 aromatic carbocycles. The van der Waals surface area contributed by atoms with E-state index in [4.69, 9.17) is 4.74 Å². The molecule has 0 spiro atoms. The third kappa shape index (κ3) is 7.68. The molecule has 0 aromatic heterocycles. The minimum absolute atomic E-state index is 0.126. The van der Waals surface area contributed by atoms with Gasteiger partial charge in [0.1, 0.15) is 24.2 Å². The fraction of sp³-hybridized carbons (Fsp3) is 0.500. The Morgan fingerprint density at radius 3 is 1.84 bits per heavy atom. The normalized spacial score (nSPS) is 13.7. The van der Waals surface area contributed by atoms with Crippen LogP contribution in [0, 0.1) is 0 Å². The molecule has 4 heteroatoms. The summed E-state index contributed by atoms with van der Waals surface area (Å²) in [5.74, 6) is 1.13. The summed E-state index contributed by atoms with van der Waals surface area (Å²) in [4.78, 5) is 0. The van der Waals surface area contributed by atoms with Crippen LogP contribution in [-0.4, -0.2) is 35.5 Å². The van der Waals surface area contributed by atoms with Crippen LogP contribution in [-0.2, 0) is 10.8 Å². The molecular formula is C28H41NO3. The Hall–Kier alpha value is -2.30. The van der Waals surface area contributed by atoms with Crippen molar-refractivity contribution < 1.29 is 14.9 Å². The summed E-state index contributed by atoms with van der Waals surface area (Å²) in [6.45, 7) is 18.0. The van der Waals surface area contributed by atoms with E-state index in [0.717, 1.165) is 28.0 Å². The molecule has 0 aliphatic carbocycles. The fourth-order valence-corrected chi connectivity index (χ4v) is 3.41. The van der Waals surface area contributed by atoms with Crippen LogP contribution in [0.1, 0.15) is 77.6 Å². The zero-order chi connectivity index (χ0) is 24.1. The van der Waals surface area contributed by atoms with E-state index in [9.17, 15) is 10.2 Å². The Kier molecular flexibility index (Phi) is 8.55. The molecule has 0 aliphatic heterocycles. The number of ether oxygens (including phenoxy) is 1. The van der Waals surface area contributed by atoms with Crippen LogP contribution < -0.4 is 10.1 Å². The minimum Gasteiger partial charge on any atom is -0.508 e. The zero-order valence-corrected chi connectivity index (χ0v) is 21.0. The lowest BCUT2D eigenvalue weighted by Gasteiger charge is -2.31. The van der Waals surface area contributed by atoms with E-state index in [2.05, 4.69) is 85.0 Å². The molecule has 0 bridgehead atoms. The van der Waals surface area contributed by atoms with Crippen molar-refractivity contribution in [1.29, 1.82) is 0 Å². The van der Waals surface area contributed by atoms with Gasteiger partial charge < -0.3 is 20.3 Å². The molecule has 1 unspecified atom stereocenters. The molecule has 1 atom stereocenters. The van der Waals surface area contributed by atoms with Crippen molar-refractivity contribution in [3.05, 3.63) is 58.7 Å². The summed E-state index contributed by atoms with van der Waals surface area (Å²) < 4.78 is 6.30. The van der Waals surface area contributed by atoms with Crippen LogP contribution in [0.2, 0.25) is 0 Å². The first-order valence-corrected chi connectivity index (χ1v) is 11.5. The topological polar surface area (TPSA) is 61.7 Å². The minimum atomic E-state index is -0.577. The Labute approximate surface area is 194 Å². The van der Waals surface area contributed by atoms with Crippen LogP contribution in [0.15, 0.2) is 36.4 Å². The van der Waals surface area contributed by atoms with E-state index >= 15 is 0 Å². The molecular weight excluding hydrogens is 398 g/mol. The first-order chi connectivity index (χ1) is 14.8. The average Bonchev–Trinajstić information content (AvgIpc) is 2.68. The summed E-state index contributed by atoms with van der Waals surface area (Å²) in [6, 6.07) is 11.9. The van der Waals surface area contributed by atoms with Crippen LogP contribution in [0.5, 0.6) is 11.5 Å². The van der Waals surface area contributed by atoms with Gasteiger partial charge in [-0.2, -0.15) is 0 Å². The predicted molar refractivity (Wildman–Crippen MR) is 136 cm³/mol. The number of hydrogen-bond acceptors (Lipinski definition) is 4. The van der Waals surface area contributed by atoms with E-state index in [1.54, 1.807) is 12.1 Å². The molecule has 0 saturated heterocycles. The number of phenolic OH excluding ortho intramolecular Hbond substituents is 1. The molecule has 2 aromatic rings. The second kappa shape index (κ2) is 10.5. The van der Waals surface area contributed by atoms with E-state index < -0.39 is 6.10 Å². The number of hydrogen-bond donors (Lipinski definition) is 3. The smallest absolute Gasteiger partial charge is 0.126 e. The van der Waals surface area contributed by atoms with Gasteiger partial charge in [0.2, 0.25) is 0 Å². The quantitative estimate of drug-likeness (QED) is 0.449. The standard InChI is InChI=1S/C28H41NO3/c1-19(2)29-17-23(31)18-32-26-24(27(3,4)5)15-21(16-25(26)28(6,7)8)10-9-20-11-13-22(30)14-12-20/h9-16,19,23,29-31H,17-18H2,1-8H3/b10-9+. The number of phenols is 1. The number of aliphatic hydroxyl groups excluding tert-OH is 1. The maximum atomic E-state index is 10.4. The van der Waals surface area contributed by atoms with Crippen molar-refractivity contribution in [2.45, 2.75) is 78.4 Å². The van der Waals surface area contributed by atoms with E-state index in [1.807, 2.05) is 12.1 Å². The van der Waals surface area contributed by atoms with E-state index in [-0.39, 0.29) is 23.2 Å². The van der Waals surface area contributed by atoms with Gasteiger partial charge in [-0.05, 0) is 46.2 Å². The highest BCUT2D eigenvalue weighted by Gasteiger charge is 2.28. The molecule has 0 amide bonds. The summed E-state index contributed by atoms with van der Waals surface area (Å²) in [5, 5.41) is 23.2. The second-order valence-electron chi connectivity index (χ2n) is 10.9. The van der Waals surface area contributed by atoms with Gasteiger partial charge in [-0.15, -0.1) is 0 Å². The number of aromatic hydroxyl groups is 1. The third-order valence-corrected chi connectivity index (χ3v) is 5.27. The maximum absolute atomic E-state index is 10.4. The highest BCUT2D eigenvalue weighted by molar-refractivity contribution is 5.72. The van der Waals surface area contributed by atoms with Gasteiger partial charge in [0, 0.05) is 23.7 Å². The van der Waals surface area contributed by atoms with E-state index in [0.29, 0.717) is 12.6 Å². The van der Waals surface area contributed by atoms with Crippen molar-refractivity contribution in [2.75, 3.05) is 13.2 Å². The van der Waals surface area contributed by atoms with Gasteiger partial charge in [0.05, 0.1) is 0 Å². The van der Waals surface area contributed by atoms with Gasteiger partial charge in [-0.3, -0.25) is 0 Å². The van der Waals surface area contributed by atoms with E-state index in [1.165, 1.54) is 0 Å². The fourth-order valence-electron chi connectivity index (χ4n) is 3.41. The predicted octanol–water partition coefficient (Wildman–Crippen LogP) is 5.90. The molecule has 0 heterocycles. The Bertz CT molecular complexity index is 865. The van der Waals surface area contributed by atoms with Gasteiger partial charge in [0.15, 0.2) is 0 Å². The van der Waals surface area contributed by atoms with Crippen molar-refractivity contribution in [3.8, 4) is 11.5 Å². The molecule has 4 nitrogen and oxygen atoms in total. The van der Waals surface area contributed by atoms with Crippen LogP contribution in [0.25, 0.3) is 12.2 Å². The SMILES string of the molecule is CC(C)NCC(O)COc1c(C(C)(C)C)cc(/C=C/c2ccc(O)cc2)cc1C(C)(C)C. The van der Waals surface area contributed by atoms with Gasteiger partial charge in [0.25, 0.3) is 0 Å². The largest absolute Gasteiger partial charge is 0.508 e. The Morgan fingerprint density at radius 2 is 1.38 bits per heavy atom. The molecule has 176 valence electrons. The summed E-state index contributed by atoms with van der Waals surface area (Å²) >= 11 is 0.